The molecule has 0 bridgehead atoms. The number of carbonyl (C=O) groups excluding carboxylic acids is 1. The molecule has 1 saturated heterocycles. The van der Waals surface area contributed by atoms with E-state index in [4.69, 9.17) is 10.5 Å². The summed E-state index contributed by atoms with van der Waals surface area (Å²) in [5.74, 6) is -0.299. The Labute approximate surface area is 124 Å². The van der Waals surface area contributed by atoms with Crippen molar-refractivity contribution in [3.63, 3.8) is 0 Å². The van der Waals surface area contributed by atoms with Crippen LogP contribution >= 0.6 is 0 Å². The van der Waals surface area contributed by atoms with Gasteiger partial charge in [-0.15, -0.1) is 0 Å². The van der Waals surface area contributed by atoms with Crippen LogP contribution < -0.4 is 11.1 Å². The van der Waals surface area contributed by atoms with E-state index in [1.54, 1.807) is 6.92 Å². The number of nitrogens with zero attached hydrogens (tertiary/aromatic N) is 4. The van der Waals surface area contributed by atoms with E-state index in [1.165, 1.54) is 17.2 Å². The molecule has 1 aliphatic rings. The van der Waals surface area contributed by atoms with Gasteiger partial charge < -0.3 is 26.0 Å². The largest absolute Gasteiger partial charge is 0.387 e. The molecule has 118 valence electrons. The van der Waals surface area contributed by atoms with Gasteiger partial charge in [0.15, 0.2) is 23.8 Å². The van der Waals surface area contributed by atoms with Crippen molar-refractivity contribution in [3.8, 4) is 0 Å². The van der Waals surface area contributed by atoms with Gasteiger partial charge in [0.1, 0.15) is 24.1 Å². The van der Waals surface area contributed by atoms with Crippen molar-refractivity contribution >= 4 is 22.9 Å². The van der Waals surface area contributed by atoms with Gasteiger partial charge in [0.25, 0.3) is 5.91 Å². The van der Waals surface area contributed by atoms with Crippen LogP contribution in [0.3, 0.4) is 0 Å². The fourth-order valence-electron chi connectivity index (χ4n) is 2.44. The van der Waals surface area contributed by atoms with Crippen LogP contribution in [0.15, 0.2) is 12.7 Å². The smallest absolute Gasteiger partial charge is 0.252 e. The SMILES string of the molecule is CCNC(=O)[C@H]1OC(n2cnc3c(N)ncnc32)[C@H](O)[C@@H]1O. The second-order valence-corrected chi connectivity index (χ2v) is 4.91. The molecule has 5 N–H and O–H groups in total. The van der Waals surface area contributed by atoms with Crippen molar-refractivity contribution in [2.24, 2.45) is 0 Å². The summed E-state index contributed by atoms with van der Waals surface area (Å²) in [6, 6.07) is 0. The highest BCUT2D eigenvalue weighted by atomic mass is 16.6. The monoisotopic (exact) mass is 308 g/mol. The number of hydrogen-bond acceptors (Lipinski definition) is 8. The summed E-state index contributed by atoms with van der Waals surface area (Å²) in [4.78, 5) is 23.8. The molecule has 0 saturated carbocycles. The molecule has 1 fully saturated rings. The highest BCUT2D eigenvalue weighted by molar-refractivity contribution is 5.82. The maximum absolute atomic E-state index is 11.9. The number of nitrogens with two attached hydrogens (primary N) is 1. The van der Waals surface area contributed by atoms with Crippen LogP contribution in [-0.4, -0.2) is 60.5 Å². The molecule has 2 aromatic heterocycles. The van der Waals surface area contributed by atoms with Gasteiger partial charge in [0.2, 0.25) is 0 Å². The van der Waals surface area contributed by atoms with E-state index in [2.05, 4.69) is 20.3 Å². The third-order valence-corrected chi connectivity index (χ3v) is 3.51. The second kappa shape index (κ2) is 5.48. The Morgan fingerprint density at radius 1 is 1.41 bits per heavy atom. The number of aliphatic hydroxyl groups excluding tert-OH is 2. The minimum absolute atomic E-state index is 0.192. The van der Waals surface area contributed by atoms with Crippen LogP contribution in [0.25, 0.3) is 11.2 Å². The lowest BCUT2D eigenvalue weighted by atomic mass is 10.1. The summed E-state index contributed by atoms with van der Waals surface area (Å²) < 4.78 is 6.92. The second-order valence-electron chi connectivity index (χ2n) is 4.91. The number of aromatic nitrogens is 4. The number of anilines is 1. The Morgan fingerprint density at radius 2 is 2.18 bits per heavy atom. The number of rotatable bonds is 3. The third kappa shape index (κ3) is 2.17. The first kappa shape index (κ1) is 14.6. The van der Waals surface area contributed by atoms with Crippen molar-refractivity contribution < 1.29 is 19.7 Å². The third-order valence-electron chi connectivity index (χ3n) is 3.51. The fourth-order valence-corrected chi connectivity index (χ4v) is 2.44. The van der Waals surface area contributed by atoms with E-state index in [-0.39, 0.29) is 5.82 Å². The van der Waals surface area contributed by atoms with Gasteiger partial charge in [0.05, 0.1) is 6.33 Å². The van der Waals surface area contributed by atoms with Gasteiger partial charge >= 0.3 is 0 Å². The first-order valence-electron chi connectivity index (χ1n) is 6.77. The molecule has 3 rings (SSSR count). The number of hydrogen-bond donors (Lipinski definition) is 4. The molecule has 0 radical (unpaired) electrons. The Balaban J connectivity index is 1.94. The summed E-state index contributed by atoms with van der Waals surface area (Å²) in [5.41, 5.74) is 6.40. The number of nitrogens with one attached hydrogen (secondary N) is 1. The van der Waals surface area contributed by atoms with E-state index in [9.17, 15) is 15.0 Å². The van der Waals surface area contributed by atoms with Crippen LogP contribution in [0.4, 0.5) is 5.82 Å². The van der Waals surface area contributed by atoms with E-state index in [1.807, 2.05) is 0 Å². The quantitative estimate of drug-likeness (QED) is 0.517. The molecule has 10 nitrogen and oxygen atoms in total. The molecule has 1 aliphatic heterocycles. The van der Waals surface area contributed by atoms with Gasteiger partial charge in [-0.1, -0.05) is 0 Å². The number of imidazole rings is 1. The van der Waals surface area contributed by atoms with Crippen LogP contribution in [0, 0.1) is 0 Å². The number of amides is 1. The van der Waals surface area contributed by atoms with Gasteiger partial charge in [-0.05, 0) is 6.92 Å². The maximum Gasteiger partial charge on any atom is 0.252 e. The lowest BCUT2D eigenvalue weighted by Crippen LogP contribution is -2.42. The topological polar surface area (TPSA) is 148 Å². The molecule has 0 spiro atoms. The number of aliphatic hydroxyl groups is 2. The van der Waals surface area contributed by atoms with E-state index in [0.29, 0.717) is 17.7 Å². The highest BCUT2D eigenvalue weighted by Crippen LogP contribution is 2.31. The van der Waals surface area contributed by atoms with Crippen molar-refractivity contribution in [1.82, 2.24) is 24.8 Å². The van der Waals surface area contributed by atoms with Crippen LogP contribution in [0.1, 0.15) is 13.2 Å². The zero-order valence-electron chi connectivity index (χ0n) is 11.7. The lowest BCUT2D eigenvalue weighted by molar-refractivity contribution is -0.137. The summed E-state index contributed by atoms with van der Waals surface area (Å²) >= 11 is 0. The average molecular weight is 308 g/mol. The van der Waals surface area contributed by atoms with Crippen LogP contribution in [0.5, 0.6) is 0 Å². The molecular weight excluding hydrogens is 292 g/mol. The van der Waals surface area contributed by atoms with Crippen molar-refractivity contribution in [2.75, 3.05) is 12.3 Å². The van der Waals surface area contributed by atoms with E-state index in [0.717, 1.165) is 0 Å². The Hall–Kier alpha value is -2.30. The molecule has 22 heavy (non-hydrogen) atoms. The van der Waals surface area contributed by atoms with Crippen LogP contribution in [-0.2, 0) is 9.53 Å². The molecule has 4 atom stereocenters. The number of nitrogen functional groups attached to an aromatic ring is 1. The van der Waals surface area contributed by atoms with E-state index >= 15 is 0 Å². The van der Waals surface area contributed by atoms with Gasteiger partial charge in [0, 0.05) is 6.54 Å². The molecule has 3 heterocycles. The molecule has 0 aromatic carbocycles. The average Bonchev–Trinajstić information content (AvgIpc) is 3.03. The molecular formula is C12H16N6O4. The standard InChI is InChI=1S/C12H16N6O4/c1-2-14-11(21)8-6(19)7(20)12(22-8)18-4-17-5-9(13)15-3-16-10(5)18/h3-4,6-8,12,19-20H,2H2,1H3,(H,14,21)(H2,13,15,16)/t6-,7+,8-,12?/m0/s1. The summed E-state index contributed by atoms with van der Waals surface area (Å²) in [5, 5.41) is 22.7. The predicted octanol–water partition coefficient (Wildman–Crippen LogP) is -1.84. The van der Waals surface area contributed by atoms with Crippen molar-refractivity contribution in [1.29, 1.82) is 0 Å². The molecule has 10 heteroatoms. The summed E-state index contributed by atoms with van der Waals surface area (Å²) in [6.07, 6.45) is -2.20. The number of carbonyl (C=O) groups is 1. The molecule has 0 aliphatic carbocycles. The highest BCUT2D eigenvalue weighted by Gasteiger charge is 2.47. The minimum atomic E-state index is -1.35. The fraction of sp³-hybridized carbons (Fsp3) is 0.500. The lowest BCUT2D eigenvalue weighted by Gasteiger charge is -2.16. The Morgan fingerprint density at radius 3 is 2.91 bits per heavy atom. The first-order chi connectivity index (χ1) is 10.5. The Bertz CT molecular complexity index is 704. The Kier molecular flexibility index (Phi) is 3.64. The van der Waals surface area contributed by atoms with Crippen LogP contribution in [0.2, 0.25) is 0 Å². The zero-order valence-corrected chi connectivity index (χ0v) is 11.7. The molecule has 1 amide bonds. The number of likely N-dealkylation sites (N-methyl/N-ethyl adjacent to an activating group) is 1. The maximum atomic E-state index is 11.9. The first-order valence-corrected chi connectivity index (χ1v) is 6.77. The summed E-state index contributed by atoms with van der Waals surface area (Å²) in [6.45, 7) is 2.14. The summed E-state index contributed by atoms with van der Waals surface area (Å²) in [7, 11) is 0. The van der Waals surface area contributed by atoms with Crippen molar-refractivity contribution in [3.05, 3.63) is 12.7 Å². The van der Waals surface area contributed by atoms with Crippen molar-refractivity contribution in [2.45, 2.75) is 31.5 Å². The zero-order chi connectivity index (χ0) is 15.9. The molecule has 2 aromatic rings. The number of fused-ring (bicyclic) bond motifs is 1. The predicted molar refractivity (Wildman–Crippen MR) is 74.3 cm³/mol. The van der Waals surface area contributed by atoms with Gasteiger partial charge in [-0.3, -0.25) is 9.36 Å². The number of ether oxygens (including phenoxy) is 1. The van der Waals surface area contributed by atoms with E-state index < -0.39 is 30.4 Å². The van der Waals surface area contributed by atoms with Gasteiger partial charge in [-0.25, -0.2) is 15.0 Å². The minimum Gasteiger partial charge on any atom is -0.387 e. The normalized spacial score (nSPS) is 28.1. The van der Waals surface area contributed by atoms with Gasteiger partial charge in [-0.2, -0.15) is 0 Å². The molecule has 1 unspecified atom stereocenters.